The molecule has 1 atom stereocenters. The van der Waals surface area contributed by atoms with Crippen LogP contribution in [0.5, 0.6) is 5.75 Å². The molecule has 1 fully saturated rings. The molecule has 88 valence electrons. The normalized spacial score (nSPS) is 18.3. The molecule has 0 heterocycles. The molecule has 1 aliphatic carbocycles. The highest BCUT2D eigenvalue weighted by molar-refractivity contribution is 7.90. The Kier molecular flexibility index (Phi) is 2.90. The maximum atomic E-state index is 11.7. The summed E-state index contributed by atoms with van der Waals surface area (Å²) >= 11 is 0. The minimum absolute atomic E-state index is 0.181. The van der Waals surface area contributed by atoms with Gasteiger partial charge in [0.2, 0.25) is 10.0 Å². The Balaban J connectivity index is 2.08. The Morgan fingerprint density at radius 1 is 1.31 bits per heavy atom. The minimum atomic E-state index is -3.16. The first-order valence-electron chi connectivity index (χ1n) is 5.29. The maximum absolute atomic E-state index is 11.7. The van der Waals surface area contributed by atoms with Gasteiger partial charge in [-0.2, -0.15) is 0 Å². The molecule has 4 nitrogen and oxygen atoms in total. The Morgan fingerprint density at radius 3 is 2.38 bits per heavy atom. The molecule has 5 heteroatoms. The maximum Gasteiger partial charge on any atom is 0.215 e. The number of sulfonamides is 1. The predicted octanol–water partition coefficient (Wildman–Crippen LogP) is 1.53. The molecule has 0 bridgehead atoms. The lowest BCUT2D eigenvalue weighted by Crippen LogP contribution is -2.29. The van der Waals surface area contributed by atoms with E-state index >= 15 is 0 Å². The highest BCUT2D eigenvalue weighted by atomic mass is 32.2. The van der Waals surface area contributed by atoms with Crippen LogP contribution in [0.4, 0.5) is 0 Å². The van der Waals surface area contributed by atoms with Crippen LogP contribution in [0.3, 0.4) is 0 Å². The van der Waals surface area contributed by atoms with E-state index in [9.17, 15) is 8.42 Å². The van der Waals surface area contributed by atoms with Crippen LogP contribution in [0, 0.1) is 0 Å². The van der Waals surface area contributed by atoms with Crippen molar-refractivity contribution in [3.05, 3.63) is 29.8 Å². The van der Waals surface area contributed by atoms with Crippen molar-refractivity contribution in [1.82, 2.24) is 4.72 Å². The molecule has 1 saturated carbocycles. The van der Waals surface area contributed by atoms with Crippen molar-refractivity contribution in [2.45, 2.75) is 31.1 Å². The van der Waals surface area contributed by atoms with Crippen molar-refractivity contribution in [2.75, 3.05) is 0 Å². The van der Waals surface area contributed by atoms with E-state index in [0.717, 1.165) is 18.4 Å². The topological polar surface area (TPSA) is 66.4 Å². The lowest BCUT2D eigenvalue weighted by atomic mass is 10.1. The summed E-state index contributed by atoms with van der Waals surface area (Å²) < 4.78 is 26.0. The van der Waals surface area contributed by atoms with Crippen LogP contribution in [-0.4, -0.2) is 18.8 Å². The number of hydrogen-bond acceptors (Lipinski definition) is 3. The Bertz CT molecular complexity index is 463. The van der Waals surface area contributed by atoms with E-state index < -0.39 is 10.0 Å². The van der Waals surface area contributed by atoms with Gasteiger partial charge in [-0.25, -0.2) is 13.1 Å². The molecule has 0 aliphatic heterocycles. The number of phenols is 1. The number of hydrogen-bond donors (Lipinski definition) is 2. The van der Waals surface area contributed by atoms with Crippen LogP contribution in [0.1, 0.15) is 31.4 Å². The third-order valence-electron chi connectivity index (χ3n) is 2.70. The van der Waals surface area contributed by atoms with Crippen LogP contribution in [0.15, 0.2) is 24.3 Å². The minimum Gasteiger partial charge on any atom is -0.508 e. The molecule has 0 aromatic heterocycles. The van der Waals surface area contributed by atoms with Gasteiger partial charge in [-0.3, -0.25) is 0 Å². The van der Waals surface area contributed by atoms with Gasteiger partial charge in [0.25, 0.3) is 0 Å². The Morgan fingerprint density at radius 2 is 1.88 bits per heavy atom. The zero-order chi connectivity index (χ0) is 11.8. The first-order valence-corrected chi connectivity index (χ1v) is 6.84. The van der Waals surface area contributed by atoms with E-state index in [0.29, 0.717) is 0 Å². The van der Waals surface area contributed by atoms with Crippen LogP contribution in [0.25, 0.3) is 0 Å². The highest BCUT2D eigenvalue weighted by Crippen LogP contribution is 2.29. The molecule has 0 amide bonds. The second-order valence-corrected chi connectivity index (χ2v) is 6.17. The summed E-state index contributed by atoms with van der Waals surface area (Å²) in [4.78, 5) is 0. The molecule has 1 aromatic rings. The average molecular weight is 241 g/mol. The summed E-state index contributed by atoms with van der Waals surface area (Å²) in [5, 5.41) is 8.93. The van der Waals surface area contributed by atoms with E-state index in [4.69, 9.17) is 5.11 Å². The highest BCUT2D eigenvalue weighted by Gasteiger charge is 2.36. The predicted molar refractivity (Wildman–Crippen MR) is 61.6 cm³/mol. The fraction of sp³-hybridized carbons (Fsp3) is 0.455. The van der Waals surface area contributed by atoms with Crippen molar-refractivity contribution in [1.29, 1.82) is 0 Å². The number of nitrogens with one attached hydrogen (secondary N) is 1. The van der Waals surface area contributed by atoms with Gasteiger partial charge in [0.05, 0.1) is 5.25 Å². The fourth-order valence-electron chi connectivity index (χ4n) is 1.55. The van der Waals surface area contributed by atoms with Crippen LogP contribution in [0.2, 0.25) is 0 Å². The number of benzene rings is 1. The quantitative estimate of drug-likeness (QED) is 0.840. The largest absolute Gasteiger partial charge is 0.508 e. The lowest BCUT2D eigenvalue weighted by Gasteiger charge is -2.14. The van der Waals surface area contributed by atoms with Crippen molar-refractivity contribution in [3.8, 4) is 5.75 Å². The van der Waals surface area contributed by atoms with Gasteiger partial charge in [0.15, 0.2) is 0 Å². The molecule has 0 spiro atoms. The zero-order valence-electron chi connectivity index (χ0n) is 9.05. The summed E-state index contributed by atoms with van der Waals surface area (Å²) in [6.45, 7) is 1.80. The Labute approximate surface area is 95.4 Å². The second kappa shape index (κ2) is 4.07. The molecule has 2 rings (SSSR count). The van der Waals surface area contributed by atoms with Crippen LogP contribution in [-0.2, 0) is 10.0 Å². The molecule has 1 aromatic carbocycles. The molecule has 16 heavy (non-hydrogen) atoms. The smallest absolute Gasteiger partial charge is 0.215 e. The van der Waals surface area contributed by atoms with Crippen molar-refractivity contribution in [3.63, 3.8) is 0 Å². The summed E-state index contributed by atoms with van der Waals surface area (Å²) in [6, 6.07) is 6.28. The van der Waals surface area contributed by atoms with Gasteiger partial charge < -0.3 is 5.11 Å². The summed E-state index contributed by atoms with van der Waals surface area (Å²) in [6.07, 6.45) is 1.52. The first kappa shape index (κ1) is 11.4. The first-order chi connectivity index (χ1) is 7.49. The number of aromatic hydroxyl groups is 1. The SMILES string of the molecule is C[C@@H](NS(=O)(=O)C1CC1)c1ccc(O)cc1. The molecule has 2 N–H and O–H groups in total. The fourth-order valence-corrected chi connectivity index (χ4v) is 3.13. The molecule has 1 aliphatic rings. The van der Waals surface area contributed by atoms with Gasteiger partial charge >= 0.3 is 0 Å². The van der Waals surface area contributed by atoms with Crippen molar-refractivity contribution >= 4 is 10.0 Å². The number of phenolic OH excluding ortho intramolecular Hbond substituents is 1. The van der Waals surface area contributed by atoms with Gasteiger partial charge in [0, 0.05) is 6.04 Å². The summed E-state index contributed by atoms with van der Waals surface area (Å²) in [5.74, 6) is 0.181. The van der Waals surface area contributed by atoms with E-state index in [1.54, 1.807) is 31.2 Å². The zero-order valence-corrected chi connectivity index (χ0v) is 9.87. The Hall–Kier alpha value is -1.07. The average Bonchev–Trinajstić information content (AvgIpc) is 3.01. The van der Waals surface area contributed by atoms with E-state index in [1.165, 1.54) is 0 Å². The number of rotatable bonds is 4. The standard InChI is InChI=1S/C11H15NO3S/c1-8(9-2-4-10(13)5-3-9)12-16(14,15)11-6-7-11/h2-5,8,11-13H,6-7H2,1H3/t8-/m1/s1. The molecule has 0 radical (unpaired) electrons. The molecule has 0 unspecified atom stereocenters. The van der Waals surface area contributed by atoms with Crippen LogP contribution < -0.4 is 4.72 Å². The molecule has 0 saturated heterocycles. The molecular formula is C11H15NO3S. The van der Waals surface area contributed by atoms with E-state index in [-0.39, 0.29) is 17.0 Å². The summed E-state index contributed by atoms with van der Waals surface area (Å²) in [5.41, 5.74) is 0.849. The van der Waals surface area contributed by atoms with Crippen molar-refractivity contribution < 1.29 is 13.5 Å². The van der Waals surface area contributed by atoms with Crippen LogP contribution >= 0.6 is 0 Å². The van der Waals surface area contributed by atoms with Gasteiger partial charge in [0.1, 0.15) is 5.75 Å². The van der Waals surface area contributed by atoms with Gasteiger partial charge in [-0.1, -0.05) is 12.1 Å². The van der Waals surface area contributed by atoms with E-state index in [1.807, 2.05) is 0 Å². The van der Waals surface area contributed by atoms with E-state index in [2.05, 4.69) is 4.72 Å². The van der Waals surface area contributed by atoms with Gasteiger partial charge in [-0.15, -0.1) is 0 Å². The summed E-state index contributed by atoms with van der Waals surface area (Å²) in [7, 11) is -3.16. The monoisotopic (exact) mass is 241 g/mol. The second-order valence-electron chi connectivity index (χ2n) is 4.18. The molecular weight excluding hydrogens is 226 g/mol. The van der Waals surface area contributed by atoms with Crippen molar-refractivity contribution in [2.24, 2.45) is 0 Å². The lowest BCUT2D eigenvalue weighted by molar-refractivity contribution is 0.475. The third kappa shape index (κ3) is 2.54. The third-order valence-corrected chi connectivity index (χ3v) is 4.73. The van der Waals surface area contributed by atoms with Gasteiger partial charge in [-0.05, 0) is 37.5 Å².